The van der Waals surface area contributed by atoms with E-state index in [1.54, 1.807) is 0 Å². The molecule has 1 fully saturated rings. The van der Waals surface area contributed by atoms with Gasteiger partial charge in [0.15, 0.2) is 0 Å². The average Bonchev–Trinajstić information content (AvgIpc) is 3.09. The Morgan fingerprint density at radius 2 is 2.26 bits per heavy atom. The van der Waals surface area contributed by atoms with Gasteiger partial charge in [0.05, 0.1) is 6.54 Å². The minimum Gasteiger partial charge on any atom is -0.464 e. The van der Waals surface area contributed by atoms with E-state index in [2.05, 4.69) is 0 Å². The molecule has 2 rings (SSSR count). The van der Waals surface area contributed by atoms with Crippen molar-refractivity contribution >= 4 is 5.91 Å². The van der Waals surface area contributed by atoms with Gasteiger partial charge in [-0.1, -0.05) is 0 Å². The molecule has 1 aromatic heterocycles. The molecule has 1 saturated carbocycles. The van der Waals surface area contributed by atoms with Crippen LogP contribution in [0.4, 0.5) is 0 Å². The molecule has 1 aliphatic rings. The van der Waals surface area contributed by atoms with Crippen LogP contribution in [-0.2, 0) is 11.3 Å². The van der Waals surface area contributed by atoms with Gasteiger partial charge in [-0.2, -0.15) is 0 Å². The molecule has 1 unspecified atom stereocenters. The van der Waals surface area contributed by atoms with E-state index in [-0.39, 0.29) is 11.9 Å². The van der Waals surface area contributed by atoms with Crippen LogP contribution in [0.5, 0.6) is 0 Å². The van der Waals surface area contributed by atoms with Crippen LogP contribution in [0, 0.1) is 6.92 Å². The predicted molar refractivity (Wildman–Crippen MR) is 74.5 cm³/mol. The molecule has 1 aliphatic carbocycles. The topological polar surface area (TPSA) is 59.5 Å². The van der Waals surface area contributed by atoms with Crippen LogP contribution in [0.15, 0.2) is 16.5 Å². The van der Waals surface area contributed by atoms with Gasteiger partial charge in [-0.15, -0.1) is 0 Å². The van der Waals surface area contributed by atoms with Crippen molar-refractivity contribution in [3.63, 3.8) is 0 Å². The summed E-state index contributed by atoms with van der Waals surface area (Å²) in [5.41, 5.74) is 5.71. The molecule has 19 heavy (non-hydrogen) atoms. The van der Waals surface area contributed by atoms with Crippen LogP contribution in [0.2, 0.25) is 0 Å². The number of hydrogen-bond donors (Lipinski definition) is 1. The van der Waals surface area contributed by atoms with Gasteiger partial charge in [-0.25, -0.2) is 0 Å². The highest BCUT2D eigenvalue weighted by atomic mass is 16.3. The lowest BCUT2D eigenvalue weighted by Gasteiger charge is -2.21. The molecule has 0 bridgehead atoms. The second kappa shape index (κ2) is 6.24. The number of rotatable bonds is 7. The molecule has 1 heterocycles. The molecule has 0 aliphatic heterocycles. The van der Waals surface area contributed by atoms with Gasteiger partial charge in [-0.05, 0) is 51.7 Å². The molecule has 1 amide bonds. The Bertz CT molecular complexity index is 422. The summed E-state index contributed by atoms with van der Waals surface area (Å²) in [6, 6.07) is 4.50. The van der Waals surface area contributed by atoms with Gasteiger partial charge < -0.3 is 15.1 Å². The minimum atomic E-state index is 0.176. The van der Waals surface area contributed by atoms with E-state index in [1.807, 2.05) is 30.9 Å². The van der Waals surface area contributed by atoms with Crippen molar-refractivity contribution in [2.45, 2.75) is 64.6 Å². The van der Waals surface area contributed by atoms with E-state index in [0.29, 0.717) is 19.0 Å². The monoisotopic (exact) mass is 264 g/mol. The summed E-state index contributed by atoms with van der Waals surface area (Å²) in [5, 5.41) is 0. The number of furan rings is 1. The van der Waals surface area contributed by atoms with Crippen molar-refractivity contribution in [1.29, 1.82) is 0 Å². The maximum absolute atomic E-state index is 12.3. The largest absolute Gasteiger partial charge is 0.464 e. The van der Waals surface area contributed by atoms with E-state index in [4.69, 9.17) is 10.2 Å². The number of hydrogen-bond acceptors (Lipinski definition) is 3. The smallest absolute Gasteiger partial charge is 0.223 e. The molecule has 0 spiro atoms. The zero-order chi connectivity index (χ0) is 13.8. The molecular formula is C15H24N2O2. The Hall–Kier alpha value is -1.29. The lowest BCUT2D eigenvalue weighted by atomic mass is 10.1. The first kappa shape index (κ1) is 14.1. The summed E-state index contributed by atoms with van der Waals surface area (Å²) < 4.78 is 5.57. The van der Waals surface area contributed by atoms with E-state index < -0.39 is 0 Å². The predicted octanol–water partition coefficient (Wildman–Crippen LogP) is 2.60. The number of amides is 1. The third-order valence-corrected chi connectivity index (χ3v) is 3.48. The molecule has 0 radical (unpaired) electrons. The van der Waals surface area contributed by atoms with Crippen molar-refractivity contribution in [3.8, 4) is 0 Å². The van der Waals surface area contributed by atoms with Crippen LogP contribution in [0.3, 0.4) is 0 Å². The quantitative estimate of drug-likeness (QED) is 0.823. The SMILES string of the molecule is Cc1ccc(CN(C(=O)CCCC(C)N)C2CC2)o1. The van der Waals surface area contributed by atoms with Gasteiger partial charge >= 0.3 is 0 Å². The first-order valence-corrected chi connectivity index (χ1v) is 7.16. The lowest BCUT2D eigenvalue weighted by Crippen LogP contribution is -2.32. The third kappa shape index (κ3) is 4.39. The lowest BCUT2D eigenvalue weighted by molar-refractivity contribution is -0.132. The highest BCUT2D eigenvalue weighted by Crippen LogP contribution is 2.29. The minimum absolute atomic E-state index is 0.176. The van der Waals surface area contributed by atoms with Crippen LogP contribution in [-0.4, -0.2) is 22.9 Å². The van der Waals surface area contributed by atoms with Gasteiger partial charge in [0.1, 0.15) is 11.5 Å². The summed E-state index contributed by atoms with van der Waals surface area (Å²) in [4.78, 5) is 14.2. The zero-order valence-corrected chi connectivity index (χ0v) is 11.9. The Labute approximate surface area is 114 Å². The number of carbonyl (C=O) groups excluding carboxylic acids is 1. The molecule has 4 heteroatoms. The second-order valence-corrected chi connectivity index (χ2v) is 5.63. The number of carbonyl (C=O) groups is 1. The van der Waals surface area contributed by atoms with Crippen molar-refractivity contribution in [2.75, 3.05) is 0 Å². The first-order chi connectivity index (χ1) is 9.06. The van der Waals surface area contributed by atoms with Crippen molar-refractivity contribution in [1.82, 2.24) is 4.90 Å². The fourth-order valence-electron chi connectivity index (χ4n) is 2.26. The summed E-state index contributed by atoms with van der Waals surface area (Å²) >= 11 is 0. The molecule has 4 nitrogen and oxygen atoms in total. The Morgan fingerprint density at radius 1 is 1.53 bits per heavy atom. The molecule has 106 valence electrons. The molecule has 0 saturated heterocycles. The van der Waals surface area contributed by atoms with Crippen molar-refractivity contribution in [3.05, 3.63) is 23.7 Å². The second-order valence-electron chi connectivity index (χ2n) is 5.63. The summed E-state index contributed by atoms with van der Waals surface area (Å²) in [6.07, 6.45) is 4.62. The van der Waals surface area contributed by atoms with Gasteiger partial charge in [-0.3, -0.25) is 4.79 Å². The van der Waals surface area contributed by atoms with Crippen LogP contribution >= 0.6 is 0 Å². The number of aryl methyl sites for hydroxylation is 1. The fourth-order valence-corrected chi connectivity index (χ4v) is 2.26. The van der Waals surface area contributed by atoms with Gasteiger partial charge in [0.2, 0.25) is 5.91 Å². The van der Waals surface area contributed by atoms with Crippen LogP contribution in [0.25, 0.3) is 0 Å². The van der Waals surface area contributed by atoms with Crippen LogP contribution in [0.1, 0.15) is 50.5 Å². The number of nitrogens with two attached hydrogens (primary N) is 1. The Balaban J connectivity index is 1.86. The molecule has 1 aromatic rings. The fraction of sp³-hybridized carbons (Fsp3) is 0.667. The summed E-state index contributed by atoms with van der Waals surface area (Å²) in [6.45, 7) is 4.51. The number of nitrogens with zero attached hydrogens (tertiary/aromatic N) is 1. The van der Waals surface area contributed by atoms with E-state index in [0.717, 1.165) is 37.2 Å². The molecule has 2 N–H and O–H groups in total. The first-order valence-electron chi connectivity index (χ1n) is 7.16. The summed E-state index contributed by atoms with van der Waals surface area (Å²) in [7, 11) is 0. The van der Waals surface area contributed by atoms with Crippen LogP contribution < -0.4 is 5.73 Å². The Kier molecular flexibility index (Phi) is 4.64. The zero-order valence-electron chi connectivity index (χ0n) is 11.9. The highest BCUT2D eigenvalue weighted by Gasteiger charge is 2.32. The Morgan fingerprint density at radius 3 is 2.79 bits per heavy atom. The van der Waals surface area contributed by atoms with E-state index in [1.165, 1.54) is 0 Å². The van der Waals surface area contributed by atoms with E-state index in [9.17, 15) is 4.79 Å². The maximum atomic E-state index is 12.3. The highest BCUT2D eigenvalue weighted by molar-refractivity contribution is 5.76. The van der Waals surface area contributed by atoms with Crippen molar-refractivity contribution < 1.29 is 9.21 Å². The van der Waals surface area contributed by atoms with Gasteiger partial charge in [0.25, 0.3) is 0 Å². The average molecular weight is 264 g/mol. The molecule has 0 aromatic carbocycles. The maximum Gasteiger partial charge on any atom is 0.223 e. The standard InChI is InChI=1S/C15H24N2O2/c1-11(16)4-3-5-15(18)17(13-7-8-13)10-14-9-6-12(2)19-14/h6,9,11,13H,3-5,7-8,10,16H2,1-2H3. The third-order valence-electron chi connectivity index (χ3n) is 3.48. The van der Waals surface area contributed by atoms with Crippen molar-refractivity contribution in [2.24, 2.45) is 5.73 Å². The van der Waals surface area contributed by atoms with E-state index >= 15 is 0 Å². The molecule has 1 atom stereocenters. The van der Waals surface area contributed by atoms with Gasteiger partial charge in [0, 0.05) is 18.5 Å². The molecular weight excluding hydrogens is 240 g/mol. The summed E-state index contributed by atoms with van der Waals surface area (Å²) in [5.74, 6) is 2.01. The normalized spacial score (nSPS) is 16.4.